The lowest BCUT2D eigenvalue weighted by Gasteiger charge is -2.10. The summed E-state index contributed by atoms with van der Waals surface area (Å²) in [7, 11) is 0. The quantitative estimate of drug-likeness (QED) is 0.828. The lowest BCUT2D eigenvalue weighted by atomic mass is 10.1. The molecule has 2 aromatic carbocycles. The molecule has 0 bridgehead atoms. The van der Waals surface area contributed by atoms with E-state index in [9.17, 15) is 13.6 Å². The van der Waals surface area contributed by atoms with E-state index >= 15 is 0 Å². The predicted octanol–water partition coefficient (Wildman–Crippen LogP) is 3.55. The number of rotatable bonds is 3. The van der Waals surface area contributed by atoms with E-state index in [0.717, 1.165) is 12.1 Å². The van der Waals surface area contributed by atoms with Crippen LogP contribution < -0.4 is 11.1 Å². The first kappa shape index (κ1) is 15.4. The van der Waals surface area contributed by atoms with Crippen LogP contribution in [0.4, 0.5) is 14.5 Å². The summed E-state index contributed by atoms with van der Waals surface area (Å²) in [6.07, 6.45) is 0. The average Bonchev–Trinajstić information content (AvgIpc) is 2.43. The van der Waals surface area contributed by atoms with Crippen LogP contribution in [0.3, 0.4) is 0 Å². The van der Waals surface area contributed by atoms with E-state index < -0.39 is 11.6 Å². The maximum atomic E-state index is 13.1. The van der Waals surface area contributed by atoms with Gasteiger partial charge in [-0.2, -0.15) is 0 Å². The highest BCUT2D eigenvalue weighted by atomic mass is 79.9. The Morgan fingerprint density at radius 3 is 2.62 bits per heavy atom. The second-order valence-corrected chi connectivity index (χ2v) is 5.51. The number of nitrogen functional groups attached to an aromatic ring is 1. The van der Waals surface area contributed by atoms with Crippen LogP contribution in [0.15, 0.2) is 34.8 Å². The molecule has 0 aliphatic carbocycles. The molecule has 1 amide bonds. The summed E-state index contributed by atoms with van der Waals surface area (Å²) >= 11 is 3.28. The largest absolute Gasteiger partial charge is 0.398 e. The number of carbonyl (C=O) groups is 1. The zero-order valence-electron chi connectivity index (χ0n) is 11.2. The van der Waals surface area contributed by atoms with Crippen LogP contribution in [0, 0.1) is 18.6 Å². The third-order valence-corrected chi connectivity index (χ3v) is 3.55. The molecule has 3 nitrogen and oxygen atoms in total. The molecule has 0 saturated carbocycles. The van der Waals surface area contributed by atoms with Crippen LogP contribution in [0.2, 0.25) is 0 Å². The molecule has 0 unspecified atom stereocenters. The lowest BCUT2D eigenvalue weighted by Crippen LogP contribution is -2.24. The zero-order valence-corrected chi connectivity index (χ0v) is 12.8. The third-order valence-electron chi connectivity index (χ3n) is 3.09. The molecule has 0 spiro atoms. The monoisotopic (exact) mass is 354 g/mol. The van der Waals surface area contributed by atoms with E-state index in [1.165, 1.54) is 6.07 Å². The van der Waals surface area contributed by atoms with Crippen LogP contribution in [0.5, 0.6) is 0 Å². The number of nitrogens with two attached hydrogens (primary N) is 1. The molecular weight excluding hydrogens is 342 g/mol. The lowest BCUT2D eigenvalue weighted by molar-refractivity contribution is 0.0950. The van der Waals surface area contributed by atoms with Gasteiger partial charge in [0.2, 0.25) is 0 Å². The zero-order chi connectivity index (χ0) is 15.6. The van der Waals surface area contributed by atoms with E-state index in [1.807, 2.05) is 0 Å². The minimum Gasteiger partial charge on any atom is -0.398 e. The van der Waals surface area contributed by atoms with Gasteiger partial charge in [-0.1, -0.05) is 22.0 Å². The van der Waals surface area contributed by atoms with Crippen LogP contribution >= 0.6 is 15.9 Å². The standard InChI is InChI=1S/C15H13BrF2N2O/c1-8-11(5-10(16)6-14(8)19)15(21)20-7-9-2-3-12(17)13(18)4-9/h2-6H,7,19H2,1H3,(H,20,21). The number of anilines is 1. The minimum absolute atomic E-state index is 0.0991. The summed E-state index contributed by atoms with van der Waals surface area (Å²) in [6.45, 7) is 1.84. The highest BCUT2D eigenvalue weighted by Crippen LogP contribution is 2.22. The smallest absolute Gasteiger partial charge is 0.251 e. The Morgan fingerprint density at radius 2 is 1.95 bits per heavy atom. The van der Waals surface area contributed by atoms with Crippen molar-refractivity contribution in [2.75, 3.05) is 5.73 Å². The van der Waals surface area contributed by atoms with Gasteiger partial charge in [0.15, 0.2) is 11.6 Å². The maximum Gasteiger partial charge on any atom is 0.251 e. The fraction of sp³-hybridized carbons (Fsp3) is 0.133. The Labute approximate surface area is 129 Å². The molecule has 0 heterocycles. The number of nitrogens with one attached hydrogen (secondary N) is 1. The molecule has 6 heteroatoms. The topological polar surface area (TPSA) is 55.1 Å². The number of benzene rings is 2. The van der Waals surface area contributed by atoms with Crippen molar-refractivity contribution in [1.29, 1.82) is 0 Å². The minimum atomic E-state index is -0.940. The number of halogens is 3. The Bertz CT molecular complexity index is 704. The molecule has 2 aromatic rings. The second kappa shape index (κ2) is 6.22. The van der Waals surface area contributed by atoms with E-state index in [2.05, 4.69) is 21.2 Å². The Balaban J connectivity index is 2.13. The van der Waals surface area contributed by atoms with E-state index in [-0.39, 0.29) is 12.5 Å². The number of hydrogen-bond donors (Lipinski definition) is 2. The van der Waals surface area contributed by atoms with Gasteiger partial charge in [0, 0.05) is 22.3 Å². The maximum absolute atomic E-state index is 13.1. The van der Waals surface area contributed by atoms with Crippen LogP contribution in [-0.4, -0.2) is 5.91 Å². The Kier molecular flexibility index (Phi) is 4.57. The molecule has 21 heavy (non-hydrogen) atoms. The number of hydrogen-bond acceptors (Lipinski definition) is 2. The van der Waals surface area contributed by atoms with Gasteiger partial charge in [-0.15, -0.1) is 0 Å². The highest BCUT2D eigenvalue weighted by Gasteiger charge is 2.12. The average molecular weight is 355 g/mol. The highest BCUT2D eigenvalue weighted by molar-refractivity contribution is 9.10. The SMILES string of the molecule is Cc1c(N)cc(Br)cc1C(=O)NCc1ccc(F)c(F)c1. The van der Waals surface area contributed by atoms with Gasteiger partial charge in [-0.3, -0.25) is 4.79 Å². The van der Waals surface area contributed by atoms with Crippen molar-refractivity contribution < 1.29 is 13.6 Å². The fourth-order valence-electron chi connectivity index (χ4n) is 1.86. The molecule has 0 fully saturated rings. The van der Waals surface area contributed by atoms with E-state index in [1.54, 1.807) is 19.1 Å². The summed E-state index contributed by atoms with van der Waals surface area (Å²) in [4.78, 5) is 12.1. The van der Waals surface area contributed by atoms with Crippen molar-refractivity contribution in [3.8, 4) is 0 Å². The third kappa shape index (κ3) is 3.58. The van der Waals surface area contributed by atoms with Crippen LogP contribution in [0.25, 0.3) is 0 Å². The molecular formula is C15H13BrF2N2O. The van der Waals surface area contributed by atoms with Gasteiger partial charge in [0.05, 0.1) is 0 Å². The van der Waals surface area contributed by atoms with Gasteiger partial charge >= 0.3 is 0 Å². The van der Waals surface area contributed by atoms with Crippen LogP contribution in [-0.2, 0) is 6.54 Å². The molecule has 0 aliphatic heterocycles. The van der Waals surface area contributed by atoms with Gasteiger partial charge in [0.25, 0.3) is 5.91 Å². The fourth-order valence-corrected chi connectivity index (χ4v) is 2.34. The van der Waals surface area contributed by atoms with Crippen molar-refractivity contribution in [1.82, 2.24) is 5.32 Å². The summed E-state index contributed by atoms with van der Waals surface area (Å²) in [6, 6.07) is 6.87. The van der Waals surface area contributed by atoms with E-state index in [0.29, 0.717) is 26.9 Å². The normalized spacial score (nSPS) is 10.5. The van der Waals surface area contributed by atoms with Gasteiger partial charge in [0.1, 0.15) is 0 Å². The number of carbonyl (C=O) groups excluding carboxylic acids is 1. The first-order valence-electron chi connectivity index (χ1n) is 6.16. The van der Waals surface area contributed by atoms with Crippen molar-refractivity contribution in [2.24, 2.45) is 0 Å². The molecule has 2 rings (SSSR count). The molecule has 0 atom stereocenters. The van der Waals surface area contributed by atoms with Crippen molar-refractivity contribution in [2.45, 2.75) is 13.5 Å². The van der Waals surface area contributed by atoms with Crippen LogP contribution in [0.1, 0.15) is 21.5 Å². The molecule has 0 saturated heterocycles. The molecule has 110 valence electrons. The predicted molar refractivity (Wildman–Crippen MR) is 80.8 cm³/mol. The molecule has 3 N–H and O–H groups in total. The molecule has 0 radical (unpaired) electrons. The molecule has 0 aliphatic rings. The molecule has 0 aromatic heterocycles. The van der Waals surface area contributed by atoms with Crippen molar-refractivity contribution in [3.63, 3.8) is 0 Å². The van der Waals surface area contributed by atoms with E-state index in [4.69, 9.17) is 5.73 Å². The van der Waals surface area contributed by atoms with Gasteiger partial charge in [-0.05, 0) is 42.3 Å². The van der Waals surface area contributed by atoms with Crippen molar-refractivity contribution in [3.05, 3.63) is 63.1 Å². The van der Waals surface area contributed by atoms with Gasteiger partial charge < -0.3 is 11.1 Å². The van der Waals surface area contributed by atoms with Gasteiger partial charge in [-0.25, -0.2) is 8.78 Å². The first-order valence-corrected chi connectivity index (χ1v) is 6.95. The van der Waals surface area contributed by atoms with Crippen molar-refractivity contribution >= 4 is 27.5 Å². The summed E-state index contributed by atoms with van der Waals surface area (Å²) in [5.74, 6) is -2.18. The first-order chi connectivity index (χ1) is 9.88. The summed E-state index contributed by atoms with van der Waals surface area (Å²) in [5.41, 5.74) is 7.88. The Morgan fingerprint density at radius 1 is 1.24 bits per heavy atom. The number of amides is 1. The Hall–Kier alpha value is -1.95. The summed E-state index contributed by atoms with van der Waals surface area (Å²) < 4.78 is 26.6. The summed E-state index contributed by atoms with van der Waals surface area (Å²) in [5, 5.41) is 2.65. The second-order valence-electron chi connectivity index (χ2n) is 4.60.